The van der Waals surface area contributed by atoms with Gasteiger partial charge < -0.3 is 19.5 Å². The molecule has 0 saturated carbocycles. The van der Waals surface area contributed by atoms with Crippen molar-refractivity contribution >= 4 is 17.2 Å². The SMILES string of the molecule is O=C(NCc1ccc([S+]([O-])C2CCN(C3COC3)CC2)cn1)N1Cc2ccncc2C1. The molecule has 0 bridgehead atoms. The Bertz CT molecular complexity index is 891. The van der Waals surface area contributed by atoms with Crippen molar-refractivity contribution in [2.45, 2.75) is 48.7 Å². The molecule has 5 heterocycles. The van der Waals surface area contributed by atoms with E-state index in [9.17, 15) is 9.35 Å². The minimum absolute atomic E-state index is 0.116. The summed E-state index contributed by atoms with van der Waals surface area (Å²) in [6, 6.07) is 6.13. The summed E-state index contributed by atoms with van der Waals surface area (Å²) in [7, 11) is 0. The Labute approximate surface area is 185 Å². The number of nitrogens with one attached hydrogen (secondary N) is 1. The van der Waals surface area contributed by atoms with Crippen LogP contribution in [0.4, 0.5) is 4.79 Å². The summed E-state index contributed by atoms with van der Waals surface area (Å²) in [6.45, 7) is 5.15. The van der Waals surface area contributed by atoms with Gasteiger partial charge in [0.1, 0.15) is 5.25 Å². The first-order valence-corrected chi connectivity index (χ1v) is 12.0. The lowest BCUT2D eigenvalue weighted by atomic mass is 10.1. The van der Waals surface area contributed by atoms with Crippen LogP contribution >= 0.6 is 0 Å². The van der Waals surface area contributed by atoms with Gasteiger partial charge in [-0.05, 0) is 40.5 Å². The minimum atomic E-state index is -1.05. The van der Waals surface area contributed by atoms with Gasteiger partial charge in [-0.1, -0.05) is 0 Å². The highest BCUT2D eigenvalue weighted by Crippen LogP contribution is 2.26. The van der Waals surface area contributed by atoms with Crippen LogP contribution < -0.4 is 5.32 Å². The van der Waals surface area contributed by atoms with E-state index in [0.717, 1.165) is 60.9 Å². The predicted molar refractivity (Wildman–Crippen MR) is 116 cm³/mol. The molecule has 3 aliphatic rings. The van der Waals surface area contributed by atoms with Gasteiger partial charge in [-0.15, -0.1) is 0 Å². The second kappa shape index (κ2) is 9.12. The Balaban J connectivity index is 1.10. The van der Waals surface area contributed by atoms with E-state index in [4.69, 9.17) is 4.74 Å². The van der Waals surface area contributed by atoms with Crippen molar-refractivity contribution in [3.8, 4) is 0 Å². The van der Waals surface area contributed by atoms with Crippen LogP contribution in [-0.4, -0.2) is 67.9 Å². The predicted octanol–water partition coefficient (Wildman–Crippen LogP) is 1.67. The van der Waals surface area contributed by atoms with Gasteiger partial charge >= 0.3 is 6.03 Å². The smallest absolute Gasteiger partial charge is 0.318 e. The molecule has 31 heavy (non-hydrogen) atoms. The number of fused-ring (bicyclic) bond motifs is 1. The van der Waals surface area contributed by atoms with Gasteiger partial charge in [-0.2, -0.15) is 0 Å². The normalized spacial score (nSPS) is 20.9. The number of piperidine rings is 1. The van der Waals surface area contributed by atoms with Crippen molar-refractivity contribution in [1.82, 2.24) is 25.1 Å². The average molecular weight is 442 g/mol. The Hall–Kier alpha value is -2.20. The van der Waals surface area contributed by atoms with Crippen LogP contribution in [-0.2, 0) is 35.5 Å². The van der Waals surface area contributed by atoms with E-state index in [1.165, 1.54) is 0 Å². The number of ether oxygens (including phenoxy) is 1. The van der Waals surface area contributed by atoms with Gasteiger partial charge in [-0.25, -0.2) is 4.79 Å². The Kier molecular flexibility index (Phi) is 6.08. The van der Waals surface area contributed by atoms with Crippen LogP contribution in [0.2, 0.25) is 0 Å². The standard InChI is InChI=1S/C22H27N5O3S/c28-22(27-12-16-3-6-23-9-17(16)13-27)25-10-18-1-2-21(11-24-18)31(29)20-4-7-26(8-5-20)19-14-30-15-19/h1-3,6,9,11,19-20H,4-5,7-8,10,12-15H2,(H,25,28). The van der Waals surface area contributed by atoms with E-state index >= 15 is 0 Å². The van der Waals surface area contributed by atoms with E-state index in [1.807, 2.05) is 24.4 Å². The molecule has 1 unspecified atom stereocenters. The van der Waals surface area contributed by atoms with Gasteiger partial charge in [0, 0.05) is 51.4 Å². The van der Waals surface area contributed by atoms with Crippen molar-refractivity contribution in [1.29, 1.82) is 0 Å². The molecule has 0 radical (unpaired) electrons. The number of nitrogens with zero attached hydrogens (tertiary/aromatic N) is 4. The van der Waals surface area contributed by atoms with Crippen molar-refractivity contribution in [2.75, 3.05) is 26.3 Å². The molecule has 3 aliphatic heterocycles. The summed E-state index contributed by atoms with van der Waals surface area (Å²) in [5.41, 5.74) is 2.99. The molecule has 1 atom stereocenters. The fourth-order valence-corrected chi connectivity index (χ4v) is 5.74. The quantitative estimate of drug-likeness (QED) is 0.710. The maximum Gasteiger partial charge on any atom is 0.318 e. The fraction of sp³-hybridized carbons (Fsp3) is 0.500. The molecule has 164 valence electrons. The van der Waals surface area contributed by atoms with Crippen LogP contribution in [0.3, 0.4) is 0 Å². The van der Waals surface area contributed by atoms with Crippen molar-refractivity contribution < 1.29 is 14.1 Å². The largest absolute Gasteiger partial charge is 0.611 e. The molecule has 8 nitrogen and oxygen atoms in total. The summed E-state index contributed by atoms with van der Waals surface area (Å²) in [5, 5.41) is 3.10. The number of hydrogen-bond acceptors (Lipinski definition) is 6. The number of amides is 2. The average Bonchev–Trinajstić information content (AvgIpc) is 3.21. The first-order valence-electron chi connectivity index (χ1n) is 10.8. The van der Waals surface area contributed by atoms with E-state index in [-0.39, 0.29) is 11.3 Å². The second-order valence-corrected chi connectivity index (χ2v) is 10.1. The summed E-state index contributed by atoms with van der Waals surface area (Å²) >= 11 is -1.05. The molecule has 5 rings (SSSR count). The maximum atomic E-state index is 13.0. The van der Waals surface area contributed by atoms with Crippen LogP contribution in [0.15, 0.2) is 41.7 Å². The summed E-state index contributed by atoms with van der Waals surface area (Å²) in [5.74, 6) is 0. The molecule has 2 amide bonds. The van der Waals surface area contributed by atoms with Gasteiger partial charge in [-0.3, -0.25) is 14.9 Å². The molecule has 9 heteroatoms. The zero-order valence-electron chi connectivity index (χ0n) is 17.4. The summed E-state index contributed by atoms with van der Waals surface area (Å²) < 4.78 is 18.2. The number of carbonyl (C=O) groups excluding carboxylic acids is 1. The number of hydrogen-bond donors (Lipinski definition) is 1. The zero-order valence-corrected chi connectivity index (χ0v) is 18.2. The monoisotopic (exact) mass is 441 g/mol. The molecule has 2 fully saturated rings. The van der Waals surface area contributed by atoms with Gasteiger partial charge in [0.15, 0.2) is 4.90 Å². The number of likely N-dealkylation sites (tertiary alicyclic amines) is 1. The lowest BCUT2D eigenvalue weighted by Gasteiger charge is -2.41. The van der Waals surface area contributed by atoms with Crippen LogP contribution in [0, 0.1) is 0 Å². The second-order valence-electron chi connectivity index (χ2n) is 8.37. The molecule has 2 saturated heterocycles. The maximum absolute atomic E-state index is 13.0. The Morgan fingerprint density at radius 2 is 1.97 bits per heavy atom. The minimum Gasteiger partial charge on any atom is -0.611 e. The van der Waals surface area contributed by atoms with Crippen LogP contribution in [0.5, 0.6) is 0 Å². The van der Waals surface area contributed by atoms with Crippen molar-refractivity contribution in [3.63, 3.8) is 0 Å². The third kappa shape index (κ3) is 4.55. The number of urea groups is 1. The molecule has 2 aromatic rings. The summed E-state index contributed by atoms with van der Waals surface area (Å²) in [4.78, 5) is 26.0. The Morgan fingerprint density at radius 1 is 1.16 bits per heavy atom. The van der Waals surface area contributed by atoms with Crippen molar-refractivity contribution in [3.05, 3.63) is 53.6 Å². The molecular formula is C22H27N5O3S. The lowest BCUT2D eigenvalue weighted by Crippen LogP contribution is -2.53. The highest BCUT2D eigenvalue weighted by Gasteiger charge is 2.34. The molecule has 0 aromatic carbocycles. The molecule has 1 N–H and O–H groups in total. The van der Waals surface area contributed by atoms with E-state index in [2.05, 4.69) is 20.2 Å². The van der Waals surface area contributed by atoms with Gasteiger partial charge in [0.25, 0.3) is 0 Å². The summed E-state index contributed by atoms with van der Waals surface area (Å²) in [6.07, 6.45) is 7.14. The number of carbonyl (C=O) groups is 1. The van der Waals surface area contributed by atoms with E-state index in [1.54, 1.807) is 17.3 Å². The van der Waals surface area contributed by atoms with Gasteiger partial charge in [0.05, 0.1) is 37.7 Å². The first-order chi connectivity index (χ1) is 15.2. The fourth-order valence-electron chi connectivity index (χ4n) is 4.36. The number of aromatic nitrogens is 2. The highest BCUT2D eigenvalue weighted by atomic mass is 32.2. The third-order valence-electron chi connectivity index (χ3n) is 6.38. The molecule has 2 aromatic heterocycles. The van der Waals surface area contributed by atoms with Crippen LogP contribution in [0.25, 0.3) is 0 Å². The number of pyridine rings is 2. The highest BCUT2D eigenvalue weighted by molar-refractivity contribution is 7.92. The third-order valence-corrected chi connectivity index (χ3v) is 8.16. The molecule has 0 aliphatic carbocycles. The topological polar surface area (TPSA) is 93.6 Å². The number of rotatable bonds is 5. The molecular weight excluding hydrogens is 414 g/mol. The molecule has 0 spiro atoms. The van der Waals surface area contributed by atoms with Gasteiger partial charge in [0.2, 0.25) is 0 Å². The Morgan fingerprint density at radius 3 is 2.65 bits per heavy atom. The first kappa shape index (κ1) is 20.7. The van der Waals surface area contributed by atoms with Crippen molar-refractivity contribution in [2.24, 2.45) is 0 Å². The van der Waals surface area contributed by atoms with E-state index in [0.29, 0.717) is 25.7 Å². The zero-order chi connectivity index (χ0) is 21.2. The lowest BCUT2D eigenvalue weighted by molar-refractivity contribution is -0.0695. The van der Waals surface area contributed by atoms with Crippen LogP contribution in [0.1, 0.15) is 29.7 Å². The van der Waals surface area contributed by atoms with E-state index < -0.39 is 11.2 Å².